The first-order valence-corrected chi connectivity index (χ1v) is 11.6. The fourth-order valence-corrected chi connectivity index (χ4v) is 6.78. The van der Waals surface area contributed by atoms with Crippen LogP contribution in [0.1, 0.15) is 49.7 Å². The Labute approximate surface area is 190 Å². The van der Waals surface area contributed by atoms with E-state index in [2.05, 4.69) is 0 Å². The first kappa shape index (κ1) is 22.7. The highest BCUT2D eigenvalue weighted by atomic mass is 16.7. The Hall–Kier alpha value is -2.04. The second kappa shape index (κ2) is 8.02. The number of aromatic hydroxyl groups is 1. The number of carboxylic acid groups (broad SMARTS) is 1. The lowest BCUT2D eigenvalue weighted by atomic mass is 9.55. The van der Waals surface area contributed by atoms with Crippen LogP contribution in [-0.2, 0) is 25.5 Å². The maximum Gasteiger partial charge on any atom is 0.335 e. The van der Waals surface area contributed by atoms with E-state index in [0.717, 1.165) is 24.8 Å². The predicted molar refractivity (Wildman–Crippen MR) is 112 cm³/mol. The van der Waals surface area contributed by atoms with Crippen molar-refractivity contribution in [3.05, 3.63) is 29.3 Å². The van der Waals surface area contributed by atoms with Crippen molar-refractivity contribution >= 4 is 11.8 Å². The highest BCUT2D eigenvalue weighted by molar-refractivity contribution is 5.91. The molecule has 33 heavy (non-hydrogen) atoms. The van der Waals surface area contributed by atoms with Gasteiger partial charge < -0.3 is 35.0 Å². The van der Waals surface area contributed by atoms with Crippen LogP contribution in [0.2, 0.25) is 0 Å². The lowest BCUT2D eigenvalue weighted by molar-refractivity contribution is -0.301. The first-order valence-electron chi connectivity index (χ1n) is 11.6. The zero-order chi connectivity index (χ0) is 23.7. The number of aliphatic hydroxyl groups excluding tert-OH is 3. The second-order valence-corrected chi connectivity index (χ2v) is 10.2. The van der Waals surface area contributed by atoms with Gasteiger partial charge in [0, 0.05) is 5.41 Å². The van der Waals surface area contributed by atoms with Crippen molar-refractivity contribution in [2.45, 2.75) is 81.8 Å². The third-order valence-corrected chi connectivity index (χ3v) is 8.53. The Balaban J connectivity index is 1.36. The smallest absolute Gasteiger partial charge is 0.335 e. The summed E-state index contributed by atoms with van der Waals surface area (Å²) in [5.41, 5.74) is 1.79. The number of aliphatic hydroxyl groups is 3. The molecule has 0 amide bonds. The number of phenols is 1. The molecular weight excluding hydrogens is 432 g/mol. The van der Waals surface area contributed by atoms with E-state index in [1.54, 1.807) is 6.07 Å². The summed E-state index contributed by atoms with van der Waals surface area (Å²) in [4.78, 5) is 24.8. The fourth-order valence-electron chi connectivity index (χ4n) is 6.78. The third-order valence-electron chi connectivity index (χ3n) is 8.53. The van der Waals surface area contributed by atoms with Crippen LogP contribution >= 0.6 is 0 Å². The standard InChI is InChI=1S/C24H30O9/c1-24-7-6-13-12-5-3-11(25)8-10(12)2-4-14(13)15(24)9-16(21(24)29)32-23-19(28)17(26)18(27)20(33-23)22(30)31/h3,5,8,13-20,23,25-28H,2,4,6-7,9H2,1H3,(H,30,31)/t13-,14-,15-,16-,17-,18-,19+,20-,23+,24+/m0/s1. The molecule has 1 saturated heterocycles. The maximum absolute atomic E-state index is 13.4. The Morgan fingerprint density at radius 1 is 1.15 bits per heavy atom. The molecule has 5 rings (SSSR count). The number of fused-ring (bicyclic) bond motifs is 5. The van der Waals surface area contributed by atoms with Crippen molar-refractivity contribution < 1.29 is 44.6 Å². The average Bonchev–Trinajstić information content (AvgIpc) is 3.03. The molecule has 10 atom stereocenters. The van der Waals surface area contributed by atoms with E-state index >= 15 is 0 Å². The minimum atomic E-state index is -1.81. The van der Waals surface area contributed by atoms with Gasteiger partial charge in [0.25, 0.3) is 0 Å². The van der Waals surface area contributed by atoms with Crippen LogP contribution in [0.15, 0.2) is 18.2 Å². The monoisotopic (exact) mass is 462 g/mol. The molecule has 0 aromatic heterocycles. The molecule has 0 radical (unpaired) electrons. The summed E-state index contributed by atoms with van der Waals surface area (Å²) >= 11 is 0. The maximum atomic E-state index is 13.4. The van der Waals surface area contributed by atoms with Crippen LogP contribution in [0.5, 0.6) is 5.75 Å². The van der Waals surface area contributed by atoms with E-state index in [1.165, 1.54) is 5.56 Å². The minimum absolute atomic E-state index is 0.0576. The number of carbonyl (C=O) groups is 2. The number of hydrogen-bond acceptors (Lipinski definition) is 8. The highest BCUT2D eigenvalue weighted by Crippen LogP contribution is 2.60. The number of Topliss-reactive ketones (excluding diaryl/α,β-unsaturated/α-hetero) is 1. The van der Waals surface area contributed by atoms with Crippen LogP contribution in [0.3, 0.4) is 0 Å². The SMILES string of the molecule is C[C@@]12CC[C@H]3c4ccc(O)cc4CC[C@@H]3[C@@H]1C[C@H](O[C@@H]1O[C@H](C(=O)O)[C@@H](O)[C@H](O)[C@H]1O)C2=O. The van der Waals surface area contributed by atoms with Crippen LogP contribution in [0.4, 0.5) is 0 Å². The minimum Gasteiger partial charge on any atom is -0.508 e. The van der Waals surface area contributed by atoms with Crippen molar-refractivity contribution in [1.29, 1.82) is 0 Å². The van der Waals surface area contributed by atoms with Gasteiger partial charge in [-0.2, -0.15) is 0 Å². The van der Waals surface area contributed by atoms with Crippen molar-refractivity contribution in [3.8, 4) is 5.75 Å². The van der Waals surface area contributed by atoms with Gasteiger partial charge in [-0.25, -0.2) is 4.79 Å². The summed E-state index contributed by atoms with van der Waals surface area (Å²) in [5.74, 6) is -0.697. The Bertz CT molecular complexity index is 963. The molecule has 3 aliphatic carbocycles. The molecule has 1 aromatic rings. The summed E-state index contributed by atoms with van der Waals surface area (Å²) in [6, 6.07) is 5.52. The number of rotatable bonds is 3. The largest absolute Gasteiger partial charge is 0.508 e. The molecule has 0 unspecified atom stereocenters. The van der Waals surface area contributed by atoms with E-state index in [9.17, 15) is 35.1 Å². The topological polar surface area (TPSA) is 154 Å². The summed E-state index contributed by atoms with van der Waals surface area (Å²) in [6.45, 7) is 1.96. The van der Waals surface area contributed by atoms with Crippen molar-refractivity contribution in [2.24, 2.45) is 17.3 Å². The van der Waals surface area contributed by atoms with E-state index in [4.69, 9.17) is 9.47 Å². The van der Waals surface area contributed by atoms with E-state index in [0.29, 0.717) is 18.8 Å². The lowest BCUT2D eigenvalue weighted by Crippen LogP contribution is -2.61. The molecule has 0 spiro atoms. The zero-order valence-electron chi connectivity index (χ0n) is 18.3. The molecule has 2 saturated carbocycles. The van der Waals surface area contributed by atoms with Crippen LogP contribution in [-0.4, -0.2) is 74.1 Å². The van der Waals surface area contributed by atoms with Gasteiger partial charge in [0.05, 0.1) is 0 Å². The molecular formula is C24H30O9. The van der Waals surface area contributed by atoms with Gasteiger partial charge in [-0.3, -0.25) is 4.79 Å². The van der Waals surface area contributed by atoms with Crippen LogP contribution < -0.4 is 0 Å². The molecule has 4 aliphatic rings. The van der Waals surface area contributed by atoms with Gasteiger partial charge in [0.1, 0.15) is 30.2 Å². The number of aliphatic carboxylic acids is 1. The molecule has 9 nitrogen and oxygen atoms in total. The molecule has 5 N–H and O–H groups in total. The van der Waals surface area contributed by atoms with E-state index in [1.807, 2.05) is 19.1 Å². The van der Waals surface area contributed by atoms with Gasteiger partial charge in [-0.1, -0.05) is 13.0 Å². The Morgan fingerprint density at radius 3 is 2.64 bits per heavy atom. The second-order valence-electron chi connectivity index (χ2n) is 10.2. The van der Waals surface area contributed by atoms with Gasteiger partial charge in [-0.05, 0) is 73.1 Å². The summed E-state index contributed by atoms with van der Waals surface area (Å²) in [7, 11) is 0. The van der Waals surface area contributed by atoms with Crippen LogP contribution in [0.25, 0.3) is 0 Å². The molecule has 1 heterocycles. The average molecular weight is 462 g/mol. The number of ketones is 1. The van der Waals surface area contributed by atoms with Gasteiger partial charge >= 0.3 is 5.97 Å². The summed E-state index contributed by atoms with van der Waals surface area (Å²) in [5, 5.41) is 49.4. The molecule has 1 aliphatic heterocycles. The number of aryl methyl sites for hydroxylation is 1. The number of hydrogen-bond donors (Lipinski definition) is 5. The molecule has 9 heteroatoms. The molecule has 180 valence electrons. The Morgan fingerprint density at radius 2 is 1.91 bits per heavy atom. The third kappa shape index (κ3) is 3.49. The normalized spacial score (nSPS) is 44.6. The van der Waals surface area contributed by atoms with Crippen LogP contribution in [0, 0.1) is 17.3 Å². The summed E-state index contributed by atoms with van der Waals surface area (Å²) in [6.07, 6.45) is -5.76. The van der Waals surface area contributed by atoms with Gasteiger partial charge in [0.2, 0.25) is 0 Å². The number of ether oxygens (including phenoxy) is 2. The number of phenolic OH excluding ortho intramolecular Hbond substituents is 1. The van der Waals surface area contributed by atoms with Crippen molar-refractivity contribution in [2.75, 3.05) is 0 Å². The first-order chi connectivity index (χ1) is 15.6. The van der Waals surface area contributed by atoms with E-state index in [-0.39, 0.29) is 23.4 Å². The lowest BCUT2D eigenvalue weighted by Gasteiger charge is -2.48. The fraction of sp³-hybridized carbons (Fsp3) is 0.667. The zero-order valence-corrected chi connectivity index (χ0v) is 18.3. The predicted octanol–water partition coefficient (Wildman–Crippen LogP) is 0.705. The molecule has 0 bridgehead atoms. The van der Waals surface area contributed by atoms with E-state index < -0.39 is 48.2 Å². The quantitative estimate of drug-likeness (QED) is 0.437. The number of carboxylic acids is 1. The number of benzene rings is 1. The van der Waals surface area contributed by atoms with Gasteiger partial charge in [-0.15, -0.1) is 0 Å². The van der Waals surface area contributed by atoms with Crippen molar-refractivity contribution in [1.82, 2.24) is 0 Å². The molecule has 3 fully saturated rings. The van der Waals surface area contributed by atoms with Gasteiger partial charge in [0.15, 0.2) is 18.2 Å². The summed E-state index contributed by atoms with van der Waals surface area (Å²) < 4.78 is 11.1. The highest BCUT2D eigenvalue weighted by Gasteiger charge is 2.60. The number of carbonyl (C=O) groups excluding carboxylic acids is 1. The molecule has 1 aromatic carbocycles. The Kier molecular flexibility index (Phi) is 5.53. The van der Waals surface area contributed by atoms with Crippen molar-refractivity contribution in [3.63, 3.8) is 0 Å².